The zero-order chi connectivity index (χ0) is 15.5. The van der Waals surface area contributed by atoms with E-state index in [2.05, 4.69) is 43.1 Å². The summed E-state index contributed by atoms with van der Waals surface area (Å²) in [4.78, 5) is 4.12. The molecule has 2 aromatic rings. The van der Waals surface area contributed by atoms with Gasteiger partial charge in [-0.25, -0.2) is 4.98 Å². The number of aryl methyl sites for hydroxylation is 1. The normalized spacial score (nSPS) is 19.9. The highest BCUT2D eigenvalue weighted by Crippen LogP contribution is 2.33. The third kappa shape index (κ3) is 3.76. The summed E-state index contributed by atoms with van der Waals surface area (Å²) in [6.07, 6.45) is 7.34. The largest absolute Gasteiger partial charge is 0.348 e. The third-order valence-corrected chi connectivity index (χ3v) is 4.07. The Bertz CT molecular complexity index is 568. The molecule has 0 atom stereocenters. The summed E-state index contributed by atoms with van der Waals surface area (Å²) in [5, 5.41) is 0. The smallest absolute Gasteiger partial charge is 0.186 e. The first-order valence-electron chi connectivity index (χ1n) is 7.85. The van der Waals surface area contributed by atoms with Crippen LogP contribution in [0.5, 0.6) is 0 Å². The molecule has 118 valence electrons. The highest BCUT2D eigenvalue weighted by atomic mass is 16.7. The molecule has 0 spiro atoms. The quantitative estimate of drug-likeness (QED) is 0.850. The summed E-state index contributed by atoms with van der Waals surface area (Å²) in [6, 6.07) is 10.5. The number of hydrogen-bond donors (Lipinski definition) is 0. The monoisotopic (exact) mass is 300 g/mol. The standard InChI is InChI=1S/C18H24N2O2/c1-17(2)13-21-18(22-14-17,12-20-11-10-19-15-20)9-8-16-6-4-3-5-7-16/h3-7,10-11,15H,8-9,12-14H2,1-2H3. The van der Waals surface area contributed by atoms with Crippen LogP contribution in [0.4, 0.5) is 0 Å². The van der Waals surface area contributed by atoms with Gasteiger partial charge in [-0.1, -0.05) is 44.2 Å². The number of nitrogens with zero attached hydrogens (tertiary/aromatic N) is 2. The fourth-order valence-electron chi connectivity index (χ4n) is 2.69. The maximum Gasteiger partial charge on any atom is 0.186 e. The van der Waals surface area contributed by atoms with E-state index in [4.69, 9.17) is 9.47 Å². The summed E-state index contributed by atoms with van der Waals surface area (Å²) < 4.78 is 14.4. The second-order valence-electron chi connectivity index (χ2n) is 6.87. The van der Waals surface area contributed by atoms with Gasteiger partial charge in [0.25, 0.3) is 0 Å². The number of aromatic nitrogens is 2. The predicted molar refractivity (Wildman–Crippen MR) is 85.4 cm³/mol. The Balaban J connectivity index is 1.71. The molecule has 1 saturated heterocycles. The highest BCUT2D eigenvalue weighted by molar-refractivity contribution is 5.15. The Morgan fingerprint density at radius 1 is 1.14 bits per heavy atom. The van der Waals surface area contributed by atoms with Gasteiger partial charge in [0.2, 0.25) is 0 Å². The Morgan fingerprint density at radius 2 is 1.86 bits per heavy atom. The van der Waals surface area contributed by atoms with Gasteiger partial charge in [0.1, 0.15) is 0 Å². The molecule has 1 fully saturated rings. The van der Waals surface area contributed by atoms with Crippen molar-refractivity contribution < 1.29 is 9.47 Å². The molecular weight excluding hydrogens is 276 g/mol. The topological polar surface area (TPSA) is 36.3 Å². The van der Waals surface area contributed by atoms with Gasteiger partial charge >= 0.3 is 0 Å². The highest BCUT2D eigenvalue weighted by Gasteiger charge is 2.40. The number of ether oxygens (including phenoxy) is 2. The molecule has 1 aliphatic heterocycles. The molecule has 0 N–H and O–H groups in total. The molecule has 1 aromatic heterocycles. The van der Waals surface area contributed by atoms with Crippen LogP contribution in [0.25, 0.3) is 0 Å². The van der Waals surface area contributed by atoms with Crippen molar-refractivity contribution in [2.75, 3.05) is 13.2 Å². The van der Waals surface area contributed by atoms with Gasteiger partial charge < -0.3 is 14.0 Å². The molecule has 2 heterocycles. The molecule has 0 aliphatic carbocycles. The van der Waals surface area contributed by atoms with E-state index in [-0.39, 0.29) is 5.41 Å². The second kappa shape index (κ2) is 6.23. The Labute approximate surface area is 132 Å². The molecule has 4 nitrogen and oxygen atoms in total. The lowest BCUT2D eigenvalue weighted by atomic mass is 9.93. The molecule has 0 radical (unpaired) electrons. The van der Waals surface area contributed by atoms with E-state index < -0.39 is 5.79 Å². The number of rotatable bonds is 5. The number of benzene rings is 1. The van der Waals surface area contributed by atoms with Crippen LogP contribution >= 0.6 is 0 Å². The lowest BCUT2D eigenvalue weighted by Gasteiger charge is -2.43. The van der Waals surface area contributed by atoms with Crippen LogP contribution < -0.4 is 0 Å². The van der Waals surface area contributed by atoms with E-state index in [9.17, 15) is 0 Å². The molecule has 3 rings (SSSR count). The van der Waals surface area contributed by atoms with E-state index in [1.165, 1.54) is 5.56 Å². The first kappa shape index (κ1) is 15.3. The Morgan fingerprint density at radius 3 is 2.50 bits per heavy atom. The minimum absolute atomic E-state index is 0.0746. The Kier molecular flexibility index (Phi) is 4.32. The average Bonchev–Trinajstić information content (AvgIpc) is 3.02. The minimum Gasteiger partial charge on any atom is -0.348 e. The van der Waals surface area contributed by atoms with Crippen molar-refractivity contribution in [2.24, 2.45) is 5.41 Å². The third-order valence-electron chi connectivity index (χ3n) is 4.07. The molecule has 1 aliphatic rings. The molecule has 22 heavy (non-hydrogen) atoms. The van der Waals surface area contributed by atoms with E-state index in [0.29, 0.717) is 6.54 Å². The number of hydrogen-bond acceptors (Lipinski definition) is 3. The van der Waals surface area contributed by atoms with E-state index in [1.54, 1.807) is 6.20 Å². The Hall–Kier alpha value is -1.65. The van der Waals surface area contributed by atoms with Crippen LogP contribution in [0.15, 0.2) is 49.1 Å². The molecule has 0 bridgehead atoms. The summed E-state index contributed by atoms with van der Waals surface area (Å²) >= 11 is 0. The van der Waals surface area contributed by atoms with E-state index in [1.807, 2.05) is 23.2 Å². The van der Waals surface area contributed by atoms with Crippen LogP contribution in [0.3, 0.4) is 0 Å². The van der Waals surface area contributed by atoms with Crippen molar-refractivity contribution in [3.8, 4) is 0 Å². The van der Waals surface area contributed by atoms with Gasteiger partial charge in [-0.05, 0) is 12.0 Å². The van der Waals surface area contributed by atoms with Crippen molar-refractivity contribution in [1.82, 2.24) is 9.55 Å². The van der Waals surface area contributed by atoms with Gasteiger partial charge in [-0.2, -0.15) is 0 Å². The fourth-order valence-corrected chi connectivity index (χ4v) is 2.69. The zero-order valence-electron chi connectivity index (χ0n) is 13.4. The molecule has 0 unspecified atom stereocenters. The maximum absolute atomic E-state index is 6.21. The van der Waals surface area contributed by atoms with Crippen molar-refractivity contribution >= 4 is 0 Å². The van der Waals surface area contributed by atoms with Gasteiger partial charge in [-0.15, -0.1) is 0 Å². The van der Waals surface area contributed by atoms with E-state index in [0.717, 1.165) is 26.1 Å². The van der Waals surface area contributed by atoms with Crippen LogP contribution in [0.2, 0.25) is 0 Å². The molecule has 0 saturated carbocycles. The predicted octanol–water partition coefficient (Wildman–Crippen LogP) is 3.29. The van der Waals surface area contributed by atoms with Crippen LogP contribution in [-0.2, 0) is 22.4 Å². The summed E-state index contributed by atoms with van der Waals surface area (Å²) in [6.45, 7) is 6.46. The fraction of sp³-hybridized carbons (Fsp3) is 0.500. The number of imidazole rings is 1. The maximum atomic E-state index is 6.21. The van der Waals surface area contributed by atoms with Gasteiger partial charge in [0.05, 0.1) is 26.1 Å². The van der Waals surface area contributed by atoms with Crippen LogP contribution in [0.1, 0.15) is 25.8 Å². The zero-order valence-corrected chi connectivity index (χ0v) is 13.4. The molecular formula is C18H24N2O2. The van der Waals surface area contributed by atoms with E-state index >= 15 is 0 Å². The van der Waals surface area contributed by atoms with Crippen LogP contribution in [-0.4, -0.2) is 28.6 Å². The second-order valence-corrected chi connectivity index (χ2v) is 6.87. The van der Waals surface area contributed by atoms with Gasteiger partial charge in [0, 0.05) is 24.2 Å². The SMILES string of the molecule is CC1(C)COC(CCc2ccccc2)(Cn2ccnc2)OC1. The van der Waals surface area contributed by atoms with Crippen molar-refractivity contribution in [2.45, 2.75) is 39.0 Å². The first-order chi connectivity index (χ1) is 10.6. The lowest BCUT2D eigenvalue weighted by Crippen LogP contribution is -2.50. The summed E-state index contributed by atoms with van der Waals surface area (Å²) in [5.41, 5.74) is 1.38. The average molecular weight is 300 g/mol. The van der Waals surface area contributed by atoms with Crippen molar-refractivity contribution in [3.63, 3.8) is 0 Å². The van der Waals surface area contributed by atoms with Crippen molar-refractivity contribution in [3.05, 3.63) is 54.6 Å². The first-order valence-corrected chi connectivity index (χ1v) is 7.85. The van der Waals surface area contributed by atoms with Gasteiger partial charge in [-0.3, -0.25) is 0 Å². The van der Waals surface area contributed by atoms with Crippen molar-refractivity contribution in [1.29, 1.82) is 0 Å². The minimum atomic E-state index is -0.563. The summed E-state index contributed by atoms with van der Waals surface area (Å²) in [5.74, 6) is -0.563. The summed E-state index contributed by atoms with van der Waals surface area (Å²) in [7, 11) is 0. The lowest BCUT2D eigenvalue weighted by molar-refractivity contribution is -0.307. The molecule has 0 amide bonds. The molecule has 1 aromatic carbocycles. The van der Waals surface area contributed by atoms with Crippen LogP contribution in [0, 0.1) is 5.41 Å². The molecule has 4 heteroatoms. The van der Waals surface area contributed by atoms with Gasteiger partial charge in [0.15, 0.2) is 5.79 Å².